The van der Waals surface area contributed by atoms with E-state index in [1.165, 1.54) is 0 Å². The number of H-pyrrole nitrogens is 1. The molecule has 0 aliphatic heterocycles. The van der Waals surface area contributed by atoms with Crippen molar-refractivity contribution in [2.45, 2.75) is 11.4 Å². The molecule has 0 amide bonds. The molecule has 0 fully saturated rings. The largest absolute Gasteiger partial charge is 0.237 e. The quantitative estimate of drug-likeness (QED) is 0.380. The van der Waals surface area contributed by atoms with Gasteiger partial charge in [-0.05, 0) is 0 Å². The Morgan fingerprint density at radius 3 is 3.27 bits per heavy atom. The molecule has 0 unspecified atom stereocenters. The predicted molar refractivity (Wildman–Crippen MR) is 45.0 cm³/mol. The summed E-state index contributed by atoms with van der Waals surface area (Å²) in [5, 5.41) is 0.989. The van der Waals surface area contributed by atoms with Gasteiger partial charge < -0.3 is 0 Å². The van der Waals surface area contributed by atoms with Gasteiger partial charge in [0.25, 0.3) is 0 Å². The number of thioether (sulfide) groups is 1. The van der Waals surface area contributed by atoms with Crippen LogP contribution in [0.15, 0.2) is 23.6 Å². The summed E-state index contributed by atoms with van der Waals surface area (Å²) in [6, 6.07) is 0. The minimum Gasteiger partial charge on any atom is -0.237 e. The zero-order valence-electron chi connectivity index (χ0n) is 6.08. The van der Waals surface area contributed by atoms with Crippen LogP contribution >= 0.6 is 11.8 Å². The van der Waals surface area contributed by atoms with Crippen LogP contribution in [-0.4, -0.2) is 10.7 Å². The molecule has 0 saturated carbocycles. The average molecular weight is 165 g/mol. The van der Waals surface area contributed by atoms with E-state index >= 15 is 0 Å². The molecule has 1 rings (SSSR count). The van der Waals surface area contributed by atoms with E-state index in [1.54, 1.807) is 24.2 Å². The van der Waals surface area contributed by atoms with E-state index in [0.29, 0.717) is 0 Å². The Morgan fingerprint density at radius 2 is 2.64 bits per heavy atom. The Hall–Kier alpha value is -1.01. The van der Waals surface area contributed by atoms with Crippen molar-refractivity contribution < 1.29 is 4.98 Å². The average Bonchev–Trinajstić information content (AvgIpc) is 2.07. The minimum atomic E-state index is 0.793. The Morgan fingerprint density at radius 1 is 1.73 bits per heavy atom. The first-order valence-corrected chi connectivity index (χ1v) is 4.30. The van der Waals surface area contributed by atoms with Crippen molar-refractivity contribution in [1.29, 1.82) is 0 Å². The van der Waals surface area contributed by atoms with Crippen LogP contribution in [0, 0.1) is 12.3 Å². The lowest BCUT2D eigenvalue weighted by molar-refractivity contribution is -0.382. The van der Waals surface area contributed by atoms with Crippen LogP contribution in [-0.2, 0) is 0 Å². The summed E-state index contributed by atoms with van der Waals surface area (Å²) in [6.07, 6.45) is 11.3. The van der Waals surface area contributed by atoms with Crippen molar-refractivity contribution in [3.63, 3.8) is 0 Å². The highest BCUT2D eigenvalue weighted by Crippen LogP contribution is 2.11. The summed E-state index contributed by atoms with van der Waals surface area (Å²) in [6.45, 7) is 0. The maximum atomic E-state index is 5.10. The second-order valence-electron chi connectivity index (χ2n) is 1.90. The zero-order valence-corrected chi connectivity index (χ0v) is 6.90. The summed E-state index contributed by atoms with van der Waals surface area (Å²) >= 11 is 1.66. The number of terminal acetylenes is 1. The molecule has 56 valence electrons. The lowest BCUT2D eigenvalue weighted by Crippen LogP contribution is -2.00. The number of hydrogen-bond donors (Lipinski definition) is 0. The van der Waals surface area contributed by atoms with E-state index in [1.807, 2.05) is 6.20 Å². The van der Waals surface area contributed by atoms with Crippen molar-refractivity contribution in [3.8, 4) is 12.3 Å². The molecular weight excluding hydrogens is 156 g/mol. The van der Waals surface area contributed by atoms with Crippen LogP contribution < -0.4 is 4.98 Å². The van der Waals surface area contributed by atoms with Gasteiger partial charge in [0.2, 0.25) is 0 Å². The van der Waals surface area contributed by atoms with E-state index in [2.05, 4.69) is 15.9 Å². The van der Waals surface area contributed by atoms with Gasteiger partial charge in [0, 0.05) is 12.2 Å². The van der Waals surface area contributed by atoms with Crippen molar-refractivity contribution in [2.24, 2.45) is 0 Å². The normalized spacial score (nSPS) is 9.00. The molecule has 0 bridgehead atoms. The van der Waals surface area contributed by atoms with Crippen LogP contribution in [0.5, 0.6) is 0 Å². The molecule has 1 heterocycles. The first-order chi connectivity index (χ1) is 5.43. The number of nitrogens with zero attached hydrogens (tertiary/aromatic N) is 1. The summed E-state index contributed by atoms with van der Waals surface area (Å²) in [4.78, 5) is 7.07. The fourth-order valence-corrected chi connectivity index (χ4v) is 1.32. The number of hydrogen-bond acceptors (Lipinski definition) is 2. The fraction of sp³-hybridized carbons (Fsp3) is 0.250. The molecule has 0 atom stereocenters. The van der Waals surface area contributed by atoms with Gasteiger partial charge in [-0.15, -0.1) is 12.3 Å². The standard InChI is InChI=1S/C8H8N2S/c1-2-3-6-11-8-7-9-4-5-10-8/h1,4-5,7H,3,6H2/p+1. The summed E-state index contributed by atoms with van der Waals surface area (Å²) in [5.41, 5.74) is 0. The molecular formula is C8H9N2S+. The molecule has 0 aliphatic carbocycles. The second-order valence-corrected chi connectivity index (χ2v) is 3.01. The minimum absolute atomic E-state index is 0.793. The lowest BCUT2D eigenvalue weighted by Gasteiger charge is -1.91. The summed E-state index contributed by atoms with van der Waals surface area (Å²) in [7, 11) is 0. The van der Waals surface area contributed by atoms with Crippen LogP contribution in [0.4, 0.5) is 0 Å². The predicted octanol–water partition coefficient (Wildman–Crippen LogP) is 1.01. The molecule has 0 aromatic carbocycles. The zero-order chi connectivity index (χ0) is 7.94. The topological polar surface area (TPSA) is 27.0 Å². The molecule has 2 nitrogen and oxygen atoms in total. The van der Waals surface area contributed by atoms with E-state index in [4.69, 9.17) is 6.42 Å². The van der Waals surface area contributed by atoms with Gasteiger partial charge in [-0.3, -0.25) is 0 Å². The molecule has 0 spiro atoms. The lowest BCUT2D eigenvalue weighted by atomic mass is 10.5. The monoisotopic (exact) mass is 165 g/mol. The Kier molecular flexibility index (Phi) is 3.49. The third kappa shape index (κ3) is 3.06. The van der Waals surface area contributed by atoms with Crippen molar-refractivity contribution in [1.82, 2.24) is 4.98 Å². The van der Waals surface area contributed by atoms with Gasteiger partial charge in [-0.25, -0.2) is 9.97 Å². The molecule has 3 heteroatoms. The van der Waals surface area contributed by atoms with Crippen molar-refractivity contribution >= 4 is 11.8 Å². The third-order valence-corrected chi connectivity index (χ3v) is 2.00. The van der Waals surface area contributed by atoms with Gasteiger partial charge in [-0.1, -0.05) is 11.8 Å². The first-order valence-electron chi connectivity index (χ1n) is 3.32. The van der Waals surface area contributed by atoms with Gasteiger partial charge in [0.1, 0.15) is 0 Å². The van der Waals surface area contributed by atoms with Crippen LogP contribution in [0.25, 0.3) is 0 Å². The smallest absolute Gasteiger partial charge is 0.199 e. The molecule has 1 aromatic rings. The van der Waals surface area contributed by atoms with Gasteiger partial charge in [0.05, 0.1) is 6.20 Å². The molecule has 0 saturated heterocycles. The molecule has 0 aliphatic rings. The van der Waals surface area contributed by atoms with E-state index in [0.717, 1.165) is 17.2 Å². The van der Waals surface area contributed by atoms with Gasteiger partial charge >= 0.3 is 0 Å². The molecule has 1 N–H and O–H groups in total. The van der Waals surface area contributed by atoms with Gasteiger partial charge in [0.15, 0.2) is 17.4 Å². The second kappa shape index (κ2) is 4.75. The first kappa shape index (κ1) is 8.09. The fourth-order valence-electron chi connectivity index (χ4n) is 0.604. The number of rotatable bonds is 3. The highest BCUT2D eigenvalue weighted by Gasteiger charge is 1.95. The molecule has 0 radical (unpaired) electrons. The maximum Gasteiger partial charge on any atom is 0.199 e. The summed E-state index contributed by atoms with van der Waals surface area (Å²) < 4.78 is 0. The van der Waals surface area contributed by atoms with E-state index in [9.17, 15) is 0 Å². The SMILES string of the molecule is C#CCCSc1c[nH+]ccn1. The van der Waals surface area contributed by atoms with Crippen molar-refractivity contribution in [2.75, 3.05) is 5.75 Å². The Balaban J connectivity index is 2.35. The Bertz CT molecular complexity index is 240. The van der Waals surface area contributed by atoms with Gasteiger partial charge in [-0.2, -0.15) is 0 Å². The number of nitrogens with one attached hydrogen (secondary N) is 1. The van der Waals surface area contributed by atoms with E-state index in [-0.39, 0.29) is 0 Å². The van der Waals surface area contributed by atoms with E-state index < -0.39 is 0 Å². The van der Waals surface area contributed by atoms with Crippen LogP contribution in [0.2, 0.25) is 0 Å². The number of aromatic amines is 1. The highest BCUT2D eigenvalue weighted by molar-refractivity contribution is 7.99. The highest BCUT2D eigenvalue weighted by atomic mass is 32.2. The van der Waals surface area contributed by atoms with Crippen molar-refractivity contribution in [3.05, 3.63) is 18.6 Å². The molecule has 1 aromatic heterocycles. The Labute approximate surface area is 70.5 Å². The summed E-state index contributed by atoms with van der Waals surface area (Å²) in [5.74, 6) is 3.51. The molecule has 11 heavy (non-hydrogen) atoms. The maximum absolute atomic E-state index is 5.10. The van der Waals surface area contributed by atoms with Crippen LogP contribution in [0.1, 0.15) is 6.42 Å². The number of aromatic nitrogens is 2. The third-order valence-electron chi connectivity index (χ3n) is 1.08. The van der Waals surface area contributed by atoms with Crippen LogP contribution in [0.3, 0.4) is 0 Å².